The summed E-state index contributed by atoms with van der Waals surface area (Å²) in [6.45, 7) is 5.42. The minimum atomic E-state index is 0.344. The first kappa shape index (κ1) is 16.0. The Hall–Kier alpha value is -1.03. The standard InChI is InChI=1S/C14H24ClN3O/c1-11(2)8-6-4-5-7-9-16-14-12(19-3)13(15)17-10-18-14/h10-11H,4-9H2,1-3H3,(H,16,17,18). The second-order valence-electron chi connectivity index (χ2n) is 5.07. The molecule has 0 amide bonds. The molecule has 0 unspecified atom stereocenters. The highest BCUT2D eigenvalue weighted by Crippen LogP contribution is 2.28. The molecule has 108 valence electrons. The Balaban J connectivity index is 2.21. The van der Waals surface area contributed by atoms with Crippen LogP contribution in [0.5, 0.6) is 5.75 Å². The van der Waals surface area contributed by atoms with Crippen LogP contribution in [0.4, 0.5) is 5.82 Å². The minimum Gasteiger partial charge on any atom is -0.490 e. The smallest absolute Gasteiger partial charge is 0.198 e. The van der Waals surface area contributed by atoms with E-state index in [1.165, 1.54) is 32.0 Å². The fourth-order valence-electron chi connectivity index (χ4n) is 1.90. The second-order valence-corrected chi connectivity index (χ2v) is 5.43. The molecule has 4 nitrogen and oxygen atoms in total. The maximum Gasteiger partial charge on any atom is 0.198 e. The Morgan fingerprint density at radius 3 is 2.63 bits per heavy atom. The fraction of sp³-hybridized carbons (Fsp3) is 0.714. The molecule has 5 heteroatoms. The number of hydrogen-bond acceptors (Lipinski definition) is 4. The van der Waals surface area contributed by atoms with Gasteiger partial charge in [0, 0.05) is 6.54 Å². The lowest BCUT2D eigenvalue weighted by Gasteiger charge is -2.10. The van der Waals surface area contributed by atoms with Crippen LogP contribution in [0.3, 0.4) is 0 Å². The Morgan fingerprint density at radius 2 is 1.95 bits per heavy atom. The van der Waals surface area contributed by atoms with Gasteiger partial charge in [0.25, 0.3) is 0 Å². The molecular formula is C14H24ClN3O. The number of ether oxygens (including phenoxy) is 1. The van der Waals surface area contributed by atoms with E-state index in [1.807, 2.05) is 0 Å². The molecule has 0 fully saturated rings. The maximum atomic E-state index is 5.92. The van der Waals surface area contributed by atoms with Crippen LogP contribution in [0.1, 0.15) is 46.0 Å². The quantitative estimate of drug-likeness (QED) is 0.547. The summed E-state index contributed by atoms with van der Waals surface area (Å²) in [5.41, 5.74) is 0. The third kappa shape index (κ3) is 6.10. The van der Waals surface area contributed by atoms with E-state index >= 15 is 0 Å². The summed E-state index contributed by atoms with van der Waals surface area (Å²) >= 11 is 5.92. The predicted molar refractivity (Wildman–Crippen MR) is 80.0 cm³/mol. The number of anilines is 1. The summed E-state index contributed by atoms with van der Waals surface area (Å²) in [5, 5.41) is 3.59. The Morgan fingerprint density at radius 1 is 1.21 bits per heavy atom. The molecule has 0 atom stereocenters. The van der Waals surface area contributed by atoms with Crippen molar-refractivity contribution in [2.24, 2.45) is 5.92 Å². The van der Waals surface area contributed by atoms with E-state index in [9.17, 15) is 0 Å². The molecule has 0 radical (unpaired) electrons. The fourth-order valence-corrected chi connectivity index (χ4v) is 2.11. The van der Waals surface area contributed by atoms with Crippen LogP contribution >= 0.6 is 11.6 Å². The molecule has 0 aliphatic carbocycles. The number of halogens is 1. The molecule has 0 aliphatic heterocycles. The number of methoxy groups -OCH3 is 1. The van der Waals surface area contributed by atoms with Gasteiger partial charge in [-0.15, -0.1) is 0 Å². The zero-order chi connectivity index (χ0) is 14.1. The van der Waals surface area contributed by atoms with Gasteiger partial charge in [0.15, 0.2) is 16.7 Å². The van der Waals surface area contributed by atoms with Gasteiger partial charge >= 0.3 is 0 Å². The summed E-state index contributed by atoms with van der Waals surface area (Å²) in [5.74, 6) is 2.00. The van der Waals surface area contributed by atoms with E-state index in [0.717, 1.165) is 18.9 Å². The molecule has 1 aromatic rings. The molecule has 19 heavy (non-hydrogen) atoms. The van der Waals surface area contributed by atoms with Gasteiger partial charge < -0.3 is 10.1 Å². The van der Waals surface area contributed by atoms with Crippen LogP contribution < -0.4 is 10.1 Å². The molecular weight excluding hydrogens is 262 g/mol. The van der Waals surface area contributed by atoms with Crippen molar-refractivity contribution in [1.29, 1.82) is 0 Å². The number of rotatable bonds is 9. The molecule has 1 rings (SSSR count). The second kappa shape index (κ2) is 8.97. The van der Waals surface area contributed by atoms with Crippen LogP contribution in [0, 0.1) is 5.92 Å². The van der Waals surface area contributed by atoms with Gasteiger partial charge in [-0.3, -0.25) is 0 Å². The third-order valence-electron chi connectivity index (χ3n) is 2.97. The van der Waals surface area contributed by atoms with Crippen molar-refractivity contribution >= 4 is 17.4 Å². The van der Waals surface area contributed by atoms with Crippen molar-refractivity contribution in [1.82, 2.24) is 9.97 Å². The van der Waals surface area contributed by atoms with Gasteiger partial charge in [-0.25, -0.2) is 9.97 Å². The van der Waals surface area contributed by atoms with Gasteiger partial charge in [0.1, 0.15) is 6.33 Å². The van der Waals surface area contributed by atoms with Gasteiger partial charge in [0.05, 0.1) is 7.11 Å². The van der Waals surface area contributed by atoms with Crippen molar-refractivity contribution in [2.45, 2.75) is 46.0 Å². The Bertz CT molecular complexity index is 372. The van der Waals surface area contributed by atoms with Crippen LogP contribution in [-0.2, 0) is 0 Å². The Kier molecular flexibility index (Phi) is 7.56. The third-order valence-corrected chi connectivity index (χ3v) is 3.23. The molecule has 0 saturated heterocycles. The largest absolute Gasteiger partial charge is 0.490 e. The van der Waals surface area contributed by atoms with Crippen LogP contribution in [-0.4, -0.2) is 23.6 Å². The Labute approximate surface area is 120 Å². The molecule has 0 saturated carbocycles. The summed E-state index contributed by atoms with van der Waals surface area (Å²) in [4.78, 5) is 8.02. The molecule has 0 spiro atoms. The first-order valence-corrected chi connectivity index (χ1v) is 7.31. The lowest BCUT2D eigenvalue weighted by atomic mass is 10.0. The normalized spacial score (nSPS) is 10.8. The average Bonchev–Trinajstić information content (AvgIpc) is 2.37. The van der Waals surface area contributed by atoms with Gasteiger partial charge in [-0.1, -0.05) is 51.1 Å². The van der Waals surface area contributed by atoms with E-state index in [4.69, 9.17) is 16.3 Å². The summed E-state index contributed by atoms with van der Waals surface area (Å²) < 4.78 is 5.18. The summed E-state index contributed by atoms with van der Waals surface area (Å²) in [6.07, 6.45) is 7.74. The van der Waals surface area contributed by atoms with Crippen molar-refractivity contribution < 1.29 is 4.74 Å². The highest BCUT2D eigenvalue weighted by Gasteiger charge is 2.09. The number of hydrogen-bond donors (Lipinski definition) is 1. The number of nitrogens with one attached hydrogen (secondary N) is 1. The van der Waals surface area contributed by atoms with Crippen molar-refractivity contribution in [3.8, 4) is 5.75 Å². The monoisotopic (exact) mass is 285 g/mol. The van der Waals surface area contributed by atoms with E-state index in [2.05, 4.69) is 29.1 Å². The number of aromatic nitrogens is 2. The number of unbranched alkanes of at least 4 members (excludes halogenated alkanes) is 3. The highest BCUT2D eigenvalue weighted by molar-refractivity contribution is 6.31. The van der Waals surface area contributed by atoms with E-state index in [-0.39, 0.29) is 0 Å². The SMILES string of the molecule is COc1c(Cl)ncnc1NCCCCCCC(C)C. The van der Waals surface area contributed by atoms with Gasteiger partial charge in [0.2, 0.25) is 0 Å². The maximum absolute atomic E-state index is 5.92. The first-order chi connectivity index (χ1) is 9.15. The minimum absolute atomic E-state index is 0.344. The molecule has 0 aliphatic rings. The zero-order valence-electron chi connectivity index (χ0n) is 12.1. The number of nitrogens with zero attached hydrogens (tertiary/aromatic N) is 2. The molecule has 0 aromatic carbocycles. The van der Waals surface area contributed by atoms with Crippen LogP contribution in [0.2, 0.25) is 5.15 Å². The van der Waals surface area contributed by atoms with Crippen molar-refractivity contribution in [3.05, 3.63) is 11.5 Å². The van der Waals surface area contributed by atoms with Crippen LogP contribution in [0.15, 0.2) is 6.33 Å². The van der Waals surface area contributed by atoms with Gasteiger partial charge in [-0.05, 0) is 12.3 Å². The first-order valence-electron chi connectivity index (χ1n) is 6.93. The topological polar surface area (TPSA) is 47.0 Å². The van der Waals surface area contributed by atoms with E-state index in [0.29, 0.717) is 16.7 Å². The van der Waals surface area contributed by atoms with Crippen molar-refractivity contribution in [2.75, 3.05) is 19.0 Å². The average molecular weight is 286 g/mol. The highest BCUT2D eigenvalue weighted by atomic mass is 35.5. The van der Waals surface area contributed by atoms with Crippen molar-refractivity contribution in [3.63, 3.8) is 0 Å². The zero-order valence-corrected chi connectivity index (χ0v) is 12.8. The summed E-state index contributed by atoms with van der Waals surface area (Å²) in [6, 6.07) is 0. The lowest BCUT2D eigenvalue weighted by Crippen LogP contribution is -2.06. The molecule has 1 aromatic heterocycles. The van der Waals surface area contributed by atoms with Crippen LogP contribution in [0.25, 0.3) is 0 Å². The molecule has 1 heterocycles. The van der Waals surface area contributed by atoms with E-state index in [1.54, 1.807) is 7.11 Å². The molecule has 0 bridgehead atoms. The predicted octanol–water partition coefficient (Wildman–Crippen LogP) is 4.16. The lowest BCUT2D eigenvalue weighted by molar-refractivity contribution is 0.413. The van der Waals surface area contributed by atoms with Gasteiger partial charge in [-0.2, -0.15) is 0 Å². The molecule has 1 N–H and O–H groups in total. The van der Waals surface area contributed by atoms with E-state index < -0.39 is 0 Å². The summed E-state index contributed by atoms with van der Waals surface area (Å²) in [7, 11) is 1.57.